The van der Waals surface area contributed by atoms with Gasteiger partial charge in [-0.2, -0.15) is 0 Å². The number of benzene rings is 2. The third-order valence-corrected chi connectivity index (χ3v) is 6.10. The molecule has 1 aromatic heterocycles. The van der Waals surface area contributed by atoms with Gasteiger partial charge in [0.25, 0.3) is 5.91 Å². The van der Waals surface area contributed by atoms with E-state index in [-0.39, 0.29) is 5.91 Å². The lowest BCUT2D eigenvalue weighted by molar-refractivity contribution is 0.0747. The maximum atomic E-state index is 12.7. The molecule has 3 aromatic rings. The number of aromatic nitrogens is 1. The van der Waals surface area contributed by atoms with E-state index in [1.54, 1.807) is 23.5 Å². The topological polar surface area (TPSA) is 36.4 Å². The van der Waals surface area contributed by atoms with E-state index in [2.05, 4.69) is 30.0 Å². The smallest absolute Gasteiger partial charge is 0.254 e. The van der Waals surface area contributed by atoms with E-state index in [4.69, 9.17) is 16.6 Å². The number of carbonyl (C=O) groups is 1. The third kappa shape index (κ3) is 3.29. The zero-order valence-corrected chi connectivity index (χ0v) is 16.2. The number of piperazine rings is 1. The van der Waals surface area contributed by atoms with Crippen molar-refractivity contribution in [2.45, 2.75) is 13.3 Å². The fourth-order valence-electron chi connectivity index (χ4n) is 3.32. The molecule has 0 N–H and O–H groups in total. The number of hydrogen-bond donors (Lipinski definition) is 0. The van der Waals surface area contributed by atoms with E-state index < -0.39 is 0 Å². The highest BCUT2D eigenvalue weighted by Crippen LogP contribution is 2.31. The minimum Gasteiger partial charge on any atom is -0.345 e. The molecule has 1 aliphatic rings. The van der Waals surface area contributed by atoms with Crippen LogP contribution in [0.25, 0.3) is 10.2 Å². The Bertz CT molecular complexity index is 947. The number of aryl methyl sites for hydroxylation is 1. The van der Waals surface area contributed by atoms with Crippen LogP contribution in [0.15, 0.2) is 42.5 Å². The summed E-state index contributed by atoms with van der Waals surface area (Å²) >= 11 is 7.74. The predicted molar refractivity (Wildman–Crippen MR) is 109 cm³/mol. The highest BCUT2D eigenvalue weighted by molar-refractivity contribution is 7.22. The van der Waals surface area contributed by atoms with E-state index in [1.165, 1.54) is 10.3 Å². The monoisotopic (exact) mass is 385 g/mol. The number of amides is 1. The summed E-state index contributed by atoms with van der Waals surface area (Å²) < 4.78 is 1.23. The second-order valence-electron chi connectivity index (χ2n) is 6.40. The largest absolute Gasteiger partial charge is 0.345 e. The Balaban J connectivity index is 1.47. The van der Waals surface area contributed by atoms with Gasteiger partial charge in [-0.3, -0.25) is 4.79 Å². The molecule has 1 aliphatic heterocycles. The Morgan fingerprint density at radius 1 is 1.15 bits per heavy atom. The van der Waals surface area contributed by atoms with Gasteiger partial charge in [0.05, 0.1) is 10.2 Å². The number of anilines is 1. The average molecular weight is 386 g/mol. The molecule has 0 atom stereocenters. The van der Waals surface area contributed by atoms with E-state index in [1.807, 2.05) is 17.0 Å². The van der Waals surface area contributed by atoms with Crippen LogP contribution in [0, 0.1) is 0 Å². The molecule has 1 amide bonds. The summed E-state index contributed by atoms with van der Waals surface area (Å²) in [4.78, 5) is 21.7. The lowest BCUT2D eigenvalue weighted by atomic mass is 10.1. The standard InChI is InChI=1S/C20H20ClN3OS/c1-2-14-5-4-8-17-18(14)22-20(26-17)24-11-9-23(10-12-24)19(25)15-6-3-7-16(21)13-15/h3-8,13H,2,9-12H2,1H3. The summed E-state index contributed by atoms with van der Waals surface area (Å²) in [6, 6.07) is 13.5. The summed E-state index contributed by atoms with van der Waals surface area (Å²) in [5.74, 6) is 0.0460. The van der Waals surface area contributed by atoms with Gasteiger partial charge < -0.3 is 9.80 Å². The van der Waals surface area contributed by atoms with Crippen molar-refractivity contribution in [1.29, 1.82) is 0 Å². The normalized spacial score (nSPS) is 14.8. The molecule has 2 aromatic carbocycles. The quantitative estimate of drug-likeness (QED) is 0.667. The van der Waals surface area contributed by atoms with Crippen LogP contribution >= 0.6 is 22.9 Å². The minimum absolute atomic E-state index is 0.0460. The minimum atomic E-state index is 0.0460. The van der Waals surface area contributed by atoms with Crippen molar-refractivity contribution in [2.75, 3.05) is 31.1 Å². The molecule has 2 heterocycles. The highest BCUT2D eigenvalue weighted by atomic mass is 35.5. The number of fused-ring (bicyclic) bond motifs is 1. The summed E-state index contributed by atoms with van der Waals surface area (Å²) in [5, 5.41) is 1.64. The molecule has 4 nitrogen and oxygen atoms in total. The van der Waals surface area contributed by atoms with E-state index in [9.17, 15) is 4.79 Å². The summed E-state index contributed by atoms with van der Waals surface area (Å²) in [6.07, 6.45) is 0.989. The third-order valence-electron chi connectivity index (χ3n) is 4.78. The van der Waals surface area contributed by atoms with Crippen LogP contribution in [-0.2, 0) is 6.42 Å². The first kappa shape index (κ1) is 17.3. The SMILES string of the molecule is CCc1cccc2sc(N3CCN(C(=O)c4cccc(Cl)c4)CC3)nc12. The van der Waals surface area contributed by atoms with Crippen molar-refractivity contribution in [3.8, 4) is 0 Å². The highest BCUT2D eigenvalue weighted by Gasteiger charge is 2.24. The van der Waals surface area contributed by atoms with Crippen LogP contribution < -0.4 is 4.90 Å². The average Bonchev–Trinajstić information content (AvgIpc) is 3.12. The van der Waals surface area contributed by atoms with Gasteiger partial charge in [-0.15, -0.1) is 0 Å². The summed E-state index contributed by atoms with van der Waals surface area (Å²) in [7, 11) is 0. The van der Waals surface area contributed by atoms with Gasteiger partial charge in [0, 0.05) is 36.8 Å². The van der Waals surface area contributed by atoms with E-state index >= 15 is 0 Å². The molecule has 4 rings (SSSR count). The molecule has 0 radical (unpaired) electrons. The molecule has 1 fully saturated rings. The first-order valence-electron chi connectivity index (χ1n) is 8.84. The molecule has 26 heavy (non-hydrogen) atoms. The number of para-hydroxylation sites is 1. The lowest BCUT2D eigenvalue weighted by Crippen LogP contribution is -2.48. The first-order valence-corrected chi connectivity index (χ1v) is 10.0. The van der Waals surface area contributed by atoms with Crippen LogP contribution in [0.5, 0.6) is 0 Å². The molecule has 0 saturated carbocycles. The van der Waals surface area contributed by atoms with Crippen LogP contribution in [0.2, 0.25) is 5.02 Å². The Labute approximate surface area is 162 Å². The van der Waals surface area contributed by atoms with Gasteiger partial charge in [0.2, 0.25) is 0 Å². The molecule has 1 saturated heterocycles. The molecular formula is C20H20ClN3OS. The summed E-state index contributed by atoms with van der Waals surface area (Å²) in [5.41, 5.74) is 3.06. The Hall–Kier alpha value is -2.11. The molecular weight excluding hydrogens is 366 g/mol. The zero-order valence-electron chi connectivity index (χ0n) is 14.6. The van der Waals surface area contributed by atoms with Crippen molar-refractivity contribution >= 4 is 44.2 Å². The van der Waals surface area contributed by atoms with Crippen molar-refractivity contribution in [1.82, 2.24) is 9.88 Å². The molecule has 0 bridgehead atoms. The van der Waals surface area contributed by atoms with E-state index in [0.29, 0.717) is 23.7 Å². The molecule has 6 heteroatoms. The summed E-state index contributed by atoms with van der Waals surface area (Å²) in [6.45, 7) is 5.15. The van der Waals surface area contributed by atoms with Crippen LogP contribution in [-0.4, -0.2) is 42.0 Å². The lowest BCUT2D eigenvalue weighted by Gasteiger charge is -2.34. The van der Waals surface area contributed by atoms with Gasteiger partial charge in [-0.05, 0) is 36.2 Å². The van der Waals surface area contributed by atoms with Crippen molar-refractivity contribution in [3.63, 3.8) is 0 Å². The molecule has 0 aliphatic carbocycles. The zero-order chi connectivity index (χ0) is 18.1. The van der Waals surface area contributed by atoms with E-state index in [0.717, 1.165) is 30.2 Å². The van der Waals surface area contributed by atoms with Crippen LogP contribution in [0.1, 0.15) is 22.8 Å². The van der Waals surface area contributed by atoms with Crippen LogP contribution in [0.4, 0.5) is 5.13 Å². The molecule has 0 unspecified atom stereocenters. The maximum absolute atomic E-state index is 12.7. The Morgan fingerprint density at radius 2 is 1.92 bits per heavy atom. The van der Waals surface area contributed by atoms with Crippen LogP contribution in [0.3, 0.4) is 0 Å². The van der Waals surface area contributed by atoms with Gasteiger partial charge in [-0.25, -0.2) is 4.98 Å². The fraction of sp³-hybridized carbons (Fsp3) is 0.300. The van der Waals surface area contributed by atoms with Crippen molar-refractivity contribution < 1.29 is 4.79 Å². The van der Waals surface area contributed by atoms with Gasteiger partial charge >= 0.3 is 0 Å². The number of halogens is 1. The number of nitrogens with zero attached hydrogens (tertiary/aromatic N) is 3. The Morgan fingerprint density at radius 3 is 2.65 bits per heavy atom. The number of rotatable bonds is 3. The number of thiazole rings is 1. The number of carbonyl (C=O) groups excluding carboxylic acids is 1. The molecule has 0 spiro atoms. The second kappa shape index (κ2) is 7.25. The fourth-order valence-corrected chi connectivity index (χ4v) is 4.57. The first-order chi connectivity index (χ1) is 12.7. The molecule has 134 valence electrons. The van der Waals surface area contributed by atoms with Gasteiger partial charge in [0.15, 0.2) is 5.13 Å². The maximum Gasteiger partial charge on any atom is 0.254 e. The van der Waals surface area contributed by atoms with Gasteiger partial charge in [0.1, 0.15) is 0 Å². The van der Waals surface area contributed by atoms with Crippen molar-refractivity contribution in [2.24, 2.45) is 0 Å². The second-order valence-corrected chi connectivity index (χ2v) is 7.85. The van der Waals surface area contributed by atoms with Crippen molar-refractivity contribution in [3.05, 3.63) is 58.6 Å². The van der Waals surface area contributed by atoms with Gasteiger partial charge in [-0.1, -0.05) is 48.1 Å². The Kier molecular flexibility index (Phi) is 4.83. The number of hydrogen-bond acceptors (Lipinski definition) is 4. The predicted octanol–water partition coefficient (Wildman–Crippen LogP) is 4.47.